The van der Waals surface area contributed by atoms with E-state index in [4.69, 9.17) is 5.73 Å². The van der Waals surface area contributed by atoms with E-state index in [1.54, 1.807) is 0 Å². The predicted octanol–water partition coefficient (Wildman–Crippen LogP) is 2.53. The molecule has 0 unspecified atom stereocenters. The van der Waals surface area contributed by atoms with Gasteiger partial charge in [0.1, 0.15) is 0 Å². The van der Waals surface area contributed by atoms with Gasteiger partial charge in [-0.3, -0.25) is 4.79 Å². The van der Waals surface area contributed by atoms with E-state index >= 15 is 0 Å². The number of carbonyl (C=O) groups is 1. The smallest absolute Gasteiger partial charge is 0.243 e. The van der Waals surface area contributed by atoms with Crippen LogP contribution in [0.4, 0.5) is 5.13 Å². The predicted molar refractivity (Wildman–Crippen MR) is 80.8 cm³/mol. The summed E-state index contributed by atoms with van der Waals surface area (Å²) in [6.45, 7) is 0. The second-order valence-electron chi connectivity index (χ2n) is 5.14. The summed E-state index contributed by atoms with van der Waals surface area (Å²) in [5.41, 5.74) is 8.10. The van der Waals surface area contributed by atoms with E-state index in [-0.39, 0.29) is 5.91 Å². The first-order valence-electron chi connectivity index (χ1n) is 6.78. The maximum atomic E-state index is 12.0. The quantitative estimate of drug-likeness (QED) is 0.888. The SMILES string of the molecule is N[C@@H](Cc1ccccc1)C(=O)Nc1nc(C2CC2)cs1. The van der Waals surface area contributed by atoms with Crippen molar-refractivity contribution in [3.8, 4) is 0 Å². The number of amides is 1. The van der Waals surface area contributed by atoms with Crippen LogP contribution in [0.3, 0.4) is 0 Å². The Balaban J connectivity index is 1.57. The average Bonchev–Trinajstić information content (AvgIpc) is 3.20. The van der Waals surface area contributed by atoms with Crippen LogP contribution in [0.5, 0.6) is 0 Å². The van der Waals surface area contributed by atoms with Crippen LogP contribution in [-0.4, -0.2) is 16.9 Å². The van der Waals surface area contributed by atoms with Crippen LogP contribution in [-0.2, 0) is 11.2 Å². The van der Waals surface area contributed by atoms with Crippen LogP contribution in [0.1, 0.15) is 30.0 Å². The molecule has 1 aliphatic rings. The summed E-state index contributed by atoms with van der Waals surface area (Å²) < 4.78 is 0. The van der Waals surface area contributed by atoms with Gasteiger partial charge in [0, 0.05) is 11.3 Å². The third-order valence-electron chi connectivity index (χ3n) is 3.38. The topological polar surface area (TPSA) is 68.0 Å². The van der Waals surface area contributed by atoms with Crippen molar-refractivity contribution in [2.45, 2.75) is 31.2 Å². The van der Waals surface area contributed by atoms with Gasteiger partial charge in [-0.2, -0.15) is 0 Å². The second-order valence-corrected chi connectivity index (χ2v) is 6.00. The zero-order chi connectivity index (χ0) is 13.9. The fourth-order valence-corrected chi connectivity index (χ4v) is 2.86. The van der Waals surface area contributed by atoms with Gasteiger partial charge in [0.25, 0.3) is 0 Å². The standard InChI is InChI=1S/C15H17N3OS/c16-12(8-10-4-2-1-3-5-10)14(19)18-15-17-13(9-20-15)11-6-7-11/h1-5,9,11-12H,6-8,16H2,(H,17,18,19)/t12-/m0/s1. The first-order chi connectivity index (χ1) is 9.72. The lowest BCUT2D eigenvalue weighted by atomic mass is 10.1. The van der Waals surface area contributed by atoms with Crippen molar-refractivity contribution in [2.24, 2.45) is 5.73 Å². The molecule has 0 saturated heterocycles. The summed E-state index contributed by atoms with van der Waals surface area (Å²) >= 11 is 1.47. The normalized spacial score (nSPS) is 15.8. The molecule has 1 aliphatic carbocycles. The molecule has 0 aliphatic heterocycles. The molecule has 3 N–H and O–H groups in total. The van der Waals surface area contributed by atoms with Crippen molar-refractivity contribution in [1.29, 1.82) is 0 Å². The van der Waals surface area contributed by atoms with Crippen LogP contribution in [0.15, 0.2) is 35.7 Å². The fraction of sp³-hybridized carbons (Fsp3) is 0.333. The maximum absolute atomic E-state index is 12.0. The number of aromatic nitrogens is 1. The molecule has 0 spiro atoms. The van der Waals surface area contributed by atoms with Crippen molar-refractivity contribution in [3.05, 3.63) is 47.0 Å². The van der Waals surface area contributed by atoms with E-state index in [2.05, 4.69) is 10.3 Å². The molecule has 1 amide bonds. The van der Waals surface area contributed by atoms with Crippen molar-refractivity contribution in [2.75, 3.05) is 5.32 Å². The molecule has 1 fully saturated rings. The van der Waals surface area contributed by atoms with E-state index < -0.39 is 6.04 Å². The highest BCUT2D eigenvalue weighted by molar-refractivity contribution is 7.13. The zero-order valence-electron chi connectivity index (χ0n) is 11.1. The van der Waals surface area contributed by atoms with Gasteiger partial charge in [-0.05, 0) is 24.8 Å². The summed E-state index contributed by atoms with van der Waals surface area (Å²) in [5, 5.41) is 5.49. The Morgan fingerprint density at radius 1 is 1.40 bits per heavy atom. The fourth-order valence-electron chi connectivity index (χ4n) is 2.07. The van der Waals surface area contributed by atoms with Crippen molar-refractivity contribution < 1.29 is 4.79 Å². The Morgan fingerprint density at radius 2 is 2.15 bits per heavy atom. The molecule has 1 heterocycles. The largest absolute Gasteiger partial charge is 0.320 e. The highest BCUT2D eigenvalue weighted by atomic mass is 32.1. The van der Waals surface area contributed by atoms with Crippen LogP contribution < -0.4 is 11.1 Å². The highest BCUT2D eigenvalue weighted by Gasteiger charge is 2.26. The second kappa shape index (κ2) is 5.73. The third-order valence-corrected chi connectivity index (χ3v) is 4.16. The number of rotatable bonds is 5. The number of nitrogens with one attached hydrogen (secondary N) is 1. The van der Waals surface area contributed by atoms with E-state index in [9.17, 15) is 4.79 Å². The number of carbonyl (C=O) groups excluding carboxylic acids is 1. The minimum absolute atomic E-state index is 0.175. The number of thiazole rings is 1. The van der Waals surface area contributed by atoms with Gasteiger partial charge in [-0.25, -0.2) is 4.98 Å². The summed E-state index contributed by atoms with van der Waals surface area (Å²) in [7, 11) is 0. The third kappa shape index (κ3) is 3.23. The summed E-state index contributed by atoms with van der Waals surface area (Å²) in [4.78, 5) is 16.5. The first-order valence-corrected chi connectivity index (χ1v) is 7.66. The minimum atomic E-state index is -0.550. The number of nitrogens with two attached hydrogens (primary N) is 1. The lowest BCUT2D eigenvalue weighted by Crippen LogP contribution is -2.37. The molecule has 1 saturated carbocycles. The highest BCUT2D eigenvalue weighted by Crippen LogP contribution is 2.40. The van der Waals surface area contributed by atoms with Crippen LogP contribution in [0.2, 0.25) is 0 Å². The van der Waals surface area contributed by atoms with Crippen LogP contribution in [0, 0.1) is 0 Å². The molecule has 0 radical (unpaired) electrons. The number of anilines is 1. The summed E-state index contributed by atoms with van der Waals surface area (Å²) in [6, 6.07) is 9.24. The van der Waals surface area contributed by atoms with Gasteiger partial charge in [0.15, 0.2) is 5.13 Å². The van der Waals surface area contributed by atoms with E-state index in [1.165, 1.54) is 24.2 Å². The molecule has 2 aromatic rings. The van der Waals surface area contributed by atoms with Crippen LogP contribution in [0.25, 0.3) is 0 Å². The van der Waals surface area contributed by atoms with Crippen molar-refractivity contribution in [1.82, 2.24) is 4.98 Å². The molecule has 4 nitrogen and oxygen atoms in total. The van der Waals surface area contributed by atoms with Gasteiger partial charge in [0.2, 0.25) is 5.91 Å². The van der Waals surface area contributed by atoms with Crippen molar-refractivity contribution >= 4 is 22.4 Å². The monoisotopic (exact) mass is 287 g/mol. The Hall–Kier alpha value is -1.72. The molecule has 1 aromatic carbocycles. The molecule has 104 valence electrons. The first kappa shape index (κ1) is 13.3. The number of hydrogen-bond acceptors (Lipinski definition) is 4. The molecule has 1 aromatic heterocycles. The Kier molecular flexibility index (Phi) is 3.80. The molecule has 1 atom stereocenters. The van der Waals surface area contributed by atoms with Gasteiger partial charge in [-0.1, -0.05) is 30.3 Å². The molecule has 20 heavy (non-hydrogen) atoms. The van der Waals surface area contributed by atoms with Crippen LogP contribution >= 0.6 is 11.3 Å². The van der Waals surface area contributed by atoms with E-state index in [0.717, 1.165) is 11.3 Å². The molecular formula is C15H17N3OS. The van der Waals surface area contributed by atoms with E-state index in [1.807, 2.05) is 35.7 Å². The van der Waals surface area contributed by atoms with Gasteiger partial charge >= 0.3 is 0 Å². The lowest BCUT2D eigenvalue weighted by molar-refractivity contribution is -0.117. The molecule has 3 rings (SSSR count). The van der Waals surface area contributed by atoms with Gasteiger partial charge in [0.05, 0.1) is 11.7 Å². The summed E-state index contributed by atoms with van der Waals surface area (Å²) in [5.74, 6) is 0.431. The number of hydrogen-bond donors (Lipinski definition) is 2. The summed E-state index contributed by atoms with van der Waals surface area (Å²) in [6.07, 6.45) is 2.96. The minimum Gasteiger partial charge on any atom is -0.320 e. The van der Waals surface area contributed by atoms with Gasteiger partial charge in [-0.15, -0.1) is 11.3 Å². The molecule has 5 heteroatoms. The number of nitrogens with zero attached hydrogens (tertiary/aromatic N) is 1. The lowest BCUT2D eigenvalue weighted by Gasteiger charge is -2.10. The molecule has 0 bridgehead atoms. The Bertz CT molecular complexity index is 592. The zero-order valence-corrected chi connectivity index (χ0v) is 11.9. The molecular weight excluding hydrogens is 270 g/mol. The maximum Gasteiger partial charge on any atom is 0.243 e. The van der Waals surface area contributed by atoms with Gasteiger partial charge < -0.3 is 11.1 Å². The van der Waals surface area contributed by atoms with Crippen molar-refractivity contribution in [3.63, 3.8) is 0 Å². The Morgan fingerprint density at radius 3 is 2.85 bits per heavy atom. The number of benzene rings is 1. The van der Waals surface area contributed by atoms with E-state index in [0.29, 0.717) is 17.5 Å². The Labute approximate surface area is 122 Å². The average molecular weight is 287 g/mol.